The molecule has 1 saturated heterocycles. The van der Waals surface area contributed by atoms with Gasteiger partial charge in [-0.15, -0.1) is 0 Å². The van der Waals surface area contributed by atoms with Crippen molar-refractivity contribution in [1.29, 1.82) is 0 Å². The van der Waals surface area contributed by atoms with Crippen LogP contribution in [-0.4, -0.2) is 43.1 Å². The number of piperidine rings is 1. The van der Waals surface area contributed by atoms with Gasteiger partial charge in [0.05, 0.1) is 0 Å². The molecule has 1 fully saturated rings. The second-order valence-electron chi connectivity index (χ2n) is 6.98. The lowest BCUT2D eigenvalue weighted by molar-refractivity contribution is -0.134. The van der Waals surface area contributed by atoms with Crippen molar-refractivity contribution < 1.29 is 9.53 Å². The molecule has 0 spiro atoms. The number of fused-ring (bicyclic) bond motifs is 1. The zero-order valence-electron chi connectivity index (χ0n) is 14.3. The normalized spacial score (nSPS) is 19.3. The van der Waals surface area contributed by atoms with E-state index in [9.17, 15) is 4.79 Å². The maximum Gasteiger partial charge on any atom is 0.225 e. The average Bonchev–Trinajstić information content (AvgIpc) is 2.77. The highest BCUT2D eigenvalue weighted by Crippen LogP contribution is 2.24. The highest BCUT2D eigenvalue weighted by molar-refractivity contribution is 5.78. The van der Waals surface area contributed by atoms with Crippen LogP contribution in [0.1, 0.15) is 37.8 Å². The molecule has 0 aromatic heterocycles. The fourth-order valence-corrected chi connectivity index (χ4v) is 3.47. The predicted molar refractivity (Wildman–Crippen MR) is 91.8 cm³/mol. The topological polar surface area (TPSA) is 41.6 Å². The lowest BCUT2D eigenvalue weighted by Crippen LogP contribution is -2.36. The van der Waals surface area contributed by atoms with Gasteiger partial charge in [0.15, 0.2) is 0 Å². The molecule has 0 saturated carbocycles. The molecule has 2 heterocycles. The fraction of sp³-hybridized carbons (Fsp3) is 0.632. The van der Waals surface area contributed by atoms with Gasteiger partial charge in [-0.05, 0) is 62.0 Å². The number of carbonyl (C=O) groups excluding carboxylic acids is 1. The van der Waals surface area contributed by atoms with E-state index in [1.54, 1.807) is 0 Å². The summed E-state index contributed by atoms with van der Waals surface area (Å²) in [5, 5.41) is 3.37. The first kappa shape index (κ1) is 16.3. The molecule has 23 heavy (non-hydrogen) atoms. The van der Waals surface area contributed by atoms with E-state index in [1.807, 2.05) is 18.7 Å². The quantitative estimate of drug-likeness (QED) is 0.931. The third-order valence-corrected chi connectivity index (χ3v) is 4.87. The molecule has 1 amide bonds. The molecule has 1 N–H and O–H groups in total. The summed E-state index contributed by atoms with van der Waals surface area (Å²) in [7, 11) is 0. The third kappa shape index (κ3) is 4.05. The number of carbonyl (C=O) groups is 1. The number of nitrogens with zero attached hydrogens (tertiary/aromatic N) is 1. The zero-order valence-corrected chi connectivity index (χ0v) is 14.3. The summed E-state index contributed by atoms with van der Waals surface area (Å²) in [4.78, 5) is 14.2. The number of rotatable bonds is 3. The molecule has 4 heteroatoms. The molecule has 0 radical (unpaired) electrons. The van der Waals surface area contributed by atoms with Crippen molar-refractivity contribution in [3.8, 4) is 5.75 Å². The molecular weight excluding hydrogens is 288 g/mol. The highest BCUT2D eigenvalue weighted by Gasteiger charge is 2.21. The molecule has 126 valence electrons. The van der Waals surface area contributed by atoms with Crippen molar-refractivity contribution in [2.45, 2.75) is 45.6 Å². The van der Waals surface area contributed by atoms with Gasteiger partial charge in [0.2, 0.25) is 5.91 Å². The zero-order chi connectivity index (χ0) is 16.2. The van der Waals surface area contributed by atoms with Crippen LogP contribution in [0.4, 0.5) is 0 Å². The number of hydrogen-bond acceptors (Lipinski definition) is 3. The molecule has 3 rings (SSSR count). The van der Waals surface area contributed by atoms with Crippen LogP contribution < -0.4 is 10.1 Å². The molecule has 0 bridgehead atoms. The molecule has 1 aromatic rings. The Hall–Kier alpha value is -1.55. The van der Waals surface area contributed by atoms with E-state index in [-0.39, 0.29) is 11.8 Å². The first-order valence-electron chi connectivity index (χ1n) is 8.91. The van der Waals surface area contributed by atoms with Crippen LogP contribution in [0.3, 0.4) is 0 Å². The first-order valence-corrected chi connectivity index (χ1v) is 8.91. The fourth-order valence-electron chi connectivity index (χ4n) is 3.47. The SMILES string of the molecule is CC(C)C(=O)N1CCc2ccc(OC3CCNCC3)cc2CC1. The third-order valence-electron chi connectivity index (χ3n) is 4.87. The van der Waals surface area contributed by atoms with Crippen molar-refractivity contribution in [3.05, 3.63) is 29.3 Å². The number of benzene rings is 1. The van der Waals surface area contributed by atoms with E-state index >= 15 is 0 Å². The van der Waals surface area contributed by atoms with Gasteiger partial charge >= 0.3 is 0 Å². The Labute approximate surface area is 139 Å². The first-order chi connectivity index (χ1) is 11.1. The lowest BCUT2D eigenvalue weighted by atomic mass is 10.0. The Morgan fingerprint density at radius 1 is 1.17 bits per heavy atom. The van der Waals surface area contributed by atoms with Gasteiger partial charge in [-0.25, -0.2) is 0 Å². The molecule has 2 aliphatic heterocycles. The minimum absolute atomic E-state index is 0.0787. The van der Waals surface area contributed by atoms with E-state index in [0.717, 1.165) is 57.6 Å². The van der Waals surface area contributed by atoms with Gasteiger partial charge in [0, 0.05) is 19.0 Å². The van der Waals surface area contributed by atoms with Crippen molar-refractivity contribution in [3.63, 3.8) is 0 Å². The summed E-state index contributed by atoms with van der Waals surface area (Å²) >= 11 is 0. The van der Waals surface area contributed by atoms with Crippen LogP contribution in [-0.2, 0) is 17.6 Å². The molecular formula is C19H28N2O2. The van der Waals surface area contributed by atoms with Crippen LogP contribution in [0.5, 0.6) is 5.75 Å². The van der Waals surface area contributed by atoms with E-state index in [0.29, 0.717) is 6.10 Å². The summed E-state index contributed by atoms with van der Waals surface area (Å²) in [5.74, 6) is 1.33. The second kappa shape index (κ2) is 7.35. The molecule has 0 atom stereocenters. The average molecular weight is 316 g/mol. The van der Waals surface area contributed by atoms with Gasteiger partial charge in [-0.1, -0.05) is 19.9 Å². The largest absolute Gasteiger partial charge is 0.490 e. The van der Waals surface area contributed by atoms with Gasteiger partial charge < -0.3 is 15.0 Å². The van der Waals surface area contributed by atoms with E-state index < -0.39 is 0 Å². The molecule has 0 aliphatic carbocycles. The summed E-state index contributed by atoms with van der Waals surface area (Å²) in [5.41, 5.74) is 2.71. The van der Waals surface area contributed by atoms with Crippen molar-refractivity contribution in [2.75, 3.05) is 26.2 Å². The Kier molecular flexibility index (Phi) is 5.21. The van der Waals surface area contributed by atoms with Crippen LogP contribution in [0.2, 0.25) is 0 Å². The maximum absolute atomic E-state index is 12.2. The summed E-state index contributed by atoms with van der Waals surface area (Å²) in [6, 6.07) is 6.48. The smallest absolute Gasteiger partial charge is 0.225 e. The van der Waals surface area contributed by atoms with E-state index in [4.69, 9.17) is 4.74 Å². The standard InChI is InChI=1S/C19H28N2O2/c1-14(2)19(22)21-11-7-15-3-4-18(13-16(15)8-12-21)23-17-5-9-20-10-6-17/h3-4,13-14,17,20H,5-12H2,1-2H3. The number of hydrogen-bond donors (Lipinski definition) is 1. The summed E-state index contributed by atoms with van der Waals surface area (Å²) in [6.45, 7) is 7.69. The molecule has 4 nitrogen and oxygen atoms in total. The van der Waals surface area contributed by atoms with Crippen molar-refractivity contribution in [2.24, 2.45) is 5.92 Å². The van der Waals surface area contributed by atoms with Gasteiger partial charge in [0.1, 0.15) is 11.9 Å². The minimum Gasteiger partial charge on any atom is -0.490 e. The Morgan fingerprint density at radius 2 is 1.87 bits per heavy atom. The Bertz CT molecular complexity index is 550. The summed E-state index contributed by atoms with van der Waals surface area (Å²) in [6.07, 6.45) is 4.36. The lowest BCUT2D eigenvalue weighted by Gasteiger charge is -2.24. The van der Waals surface area contributed by atoms with Gasteiger partial charge in [0.25, 0.3) is 0 Å². The monoisotopic (exact) mass is 316 g/mol. The number of nitrogens with one attached hydrogen (secondary N) is 1. The molecule has 0 unspecified atom stereocenters. The van der Waals surface area contributed by atoms with Crippen LogP contribution in [0, 0.1) is 5.92 Å². The second-order valence-corrected chi connectivity index (χ2v) is 6.98. The Balaban J connectivity index is 1.66. The highest BCUT2D eigenvalue weighted by atomic mass is 16.5. The molecule has 2 aliphatic rings. The number of ether oxygens (including phenoxy) is 1. The van der Waals surface area contributed by atoms with Crippen molar-refractivity contribution >= 4 is 5.91 Å². The van der Waals surface area contributed by atoms with Gasteiger partial charge in [-0.3, -0.25) is 4.79 Å². The van der Waals surface area contributed by atoms with Crippen LogP contribution >= 0.6 is 0 Å². The number of amides is 1. The van der Waals surface area contributed by atoms with E-state index in [2.05, 4.69) is 23.5 Å². The maximum atomic E-state index is 12.2. The van der Waals surface area contributed by atoms with Crippen molar-refractivity contribution in [1.82, 2.24) is 10.2 Å². The molecule has 1 aromatic carbocycles. The van der Waals surface area contributed by atoms with Crippen LogP contribution in [0.15, 0.2) is 18.2 Å². The minimum atomic E-state index is 0.0787. The predicted octanol–water partition coefficient (Wildman–Crippen LogP) is 2.40. The summed E-state index contributed by atoms with van der Waals surface area (Å²) < 4.78 is 6.15. The Morgan fingerprint density at radius 3 is 2.57 bits per heavy atom. The van der Waals surface area contributed by atoms with E-state index in [1.165, 1.54) is 11.1 Å². The van der Waals surface area contributed by atoms with Gasteiger partial charge in [-0.2, -0.15) is 0 Å². The van der Waals surface area contributed by atoms with Crippen LogP contribution in [0.25, 0.3) is 0 Å².